The van der Waals surface area contributed by atoms with Gasteiger partial charge in [-0.25, -0.2) is 0 Å². The Bertz CT molecular complexity index is 724. The van der Waals surface area contributed by atoms with Gasteiger partial charge in [-0.1, -0.05) is 0 Å². The Labute approximate surface area is 131 Å². The van der Waals surface area contributed by atoms with E-state index in [0.717, 1.165) is 28.6 Å². The SMILES string of the molecule is Cc1ccnc2cc(C(=O)NCC(N)C(=O)OC3CC3)sc12. The number of hydrogen-bond acceptors (Lipinski definition) is 6. The molecule has 1 aliphatic carbocycles. The van der Waals surface area contributed by atoms with E-state index in [2.05, 4.69) is 10.3 Å². The van der Waals surface area contributed by atoms with Gasteiger partial charge in [-0.05, 0) is 37.5 Å². The first-order valence-corrected chi connectivity index (χ1v) is 7.95. The molecule has 7 heteroatoms. The molecule has 1 amide bonds. The predicted molar refractivity (Wildman–Crippen MR) is 83.8 cm³/mol. The molecule has 3 rings (SSSR count). The molecule has 0 bridgehead atoms. The summed E-state index contributed by atoms with van der Waals surface area (Å²) in [7, 11) is 0. The number of nitrogens with two attached hydrogens (primary N) is 1. The molecule has 0 aliphatic heterocycles. The van der Waals surface area contributed by atoms with Crippen molar-refractivity contribution < 1.29 is 14.3 Å². The number of pyridine rings is 1. The van der Waals surface area contributed by atoms with Crippen molar-refractivity contribution in [3.8, 4) is 0 Å². The van der Waals surface area contributed by atoms with Crippen LogP contribution in [0.25, 0.3) is 10.2 Å². The number of nitrogens with zero attached hydrogens (tertiary/aromatic N) is 1. The summed E-state index contributed by atoms with van der Waals surface area (Å²) in [5.41, 5.74) is 7.60. The van der Waals surface area contributed by atoms with Gasteiger partial charge < -0.3 is 15.8 Å². The number of amides is 1. The predicted octanol–water partition coefficient (Wildman–Crippen LogP) is 1.37. The Morgan fingerprint density at radius 3 is 3.00 bits per heavy atom. The highest BCUT2D eigenvalue weighted by Gasteiger charge is 2.28. The summed E-state index contributed by atoms with van der Waals surface area (Å²) in [5, 5.41) is 2.67. The van der Waals surface area contributed by atoms with Gasteiger partial charge in [-0.2, -0.15) is 0 Å². The van der Waals surface area contributed by atoms with Gasteiger partial charge in [0.05, 0.1) is 15.1 Å². The topological polar surface area (TPSA) is 94.3 Å². The zero-order valence-electron chi connectivity index (χ0n) is 12.2. The molecule has 116 valence electrons. The number of thiophene rings is 1. The fourth-order valence-electron chi connectivity index (χ4n) is 1.99. The Morgan fingerprint density at radius 2 is 2.32 bits per heavy atom. The molecule has 3 N–H and O–H groups in total. The fraction of sp³-hybridized carbons (Fsp3) is 0.400. The lowest BCUT2D eigenvalue weighted by atomic mass is 10.2. The van der Waals surface area contributed by atoms with E-state index in [1.165, 1.54) is 11.3 Å². The largest absolute Gasteiger partial charge is 0.461 e. The standard InChI is InChI=1S/C15H17N3O3S/c1-8-4-5-17-11-6-12(22-13(8)11)14(19)18-7-10(16)15(20)21-9-2-3-9/h4-6,9-10H,2-3,7,16H2,1H3,(H,18,19). The van der Waals surface area contributed by atoms with Crippen LogP contribution in [-0.2, 0) is 9.53 Å². The molecule has 0 radical (unpaired) electrons. The molecule has 1 unspecified atom stereocenters. The van der Waals surface area contributed by atoms with E-state index in [4.69, 9.17) is 10.5 Å². The molecule has 1 aliphatic rings. The lowest BCUT2D eigenvalue weighted by Gasteiger charge is -2.11. The van der Waals surface area contributed by atoms with E-state index in [9.17, 15) is 9.59 Å². The summed E-state index contributed by atoms with van der Waals surface area (Å²) in [5.74, 6) is -0.714. The summed E-state index contributed by atoms with van der Waals surface area (Å²) in [6.45, 7) is 2.04. The second kappa shape index (κ2) is 6.02. The molecule has 1 saturated carbocycles. The summed E-state index contributed by atoms with van der Waals surface area (Å²) in [4.78, 5) is 28.6. The summed E-state index contributed by atoms with van der Waals surface area (Å²) >= 11 is 1.38. The molecular formula is C15H17N3O3S. The number of carbonyl (C=O) groups excluding carboxylic acids is 2. The van der Waals surface area contributed by atoms with E-state index in [0.29, 0.717) is 4.88 Å². The minimum absolute atomic E-state index is 0.0193. The van der Waals surface area contributed by atoms with Gasteiger partial charge >= 0.3 is 5.97 Å². The highest BCUT2D eigenvalue weighted by molar-refractivity contribution is 7.21. The molecule has 0 spiro atoms. The molecule has 2 aromatic rings. The van der Waals surface area contributed by atoms with Crippen LogP contribution < -0.4 is 11.1 Å². The summed E-state index contributed by atoms with van der Waals surface area (Å²) < 4.78 is 6.09. The molecule has 1 fully saturated rings. The monoisotopic (exact) mass is 319 g/mol. The highest BCUT2D eigenvalue weighted by atomic mass is 32.1. The van der Waals surface area contributed by atoms with E-state index < -0.39 is 12.0 Å². The van der Waals surface area contributed by atoms with Crippen LogP contribution in [0, 0.1) is 6.92 Å². The number of hydrogen-bond donors (Lipinski definition) is 2. The maximum atomic E-state index is 12.2. The number of aryl methyl sites for hydroxylation is 1. The van der Waals surface area contributed by atoms with Gasteiger partial charge in [0.2, 0.25) is 0 Å². The number of rotatable bonds is 5. The molecule has 0 saturated heterocycles. The van der Waals surface area contributed by atoms with Crippen molar-refractivity contribution in [2.75, 3.05) is 6.54 Å². The number of fused-ring (bicyclic) bond motifs is 1. The molecule has 2 aromatic heterocycles. The lowest BCUT2D eigenvalue weighted by molar-refractivity contribution is -0.146. The molecule has 0 aromatic carbocycles. The van der Waals surface area contributed by atoms with Crippen LogP contribution in [0.2, 0.25) is 0 Å². The maximum absolute atomic E-state index is 12.2. The Balaban J connectivity index is 1.60. The van der Waals surface area contributed by atoms with Crippen LogP contribution in [0.3, 0.4) is 0 Å². The smallest absolute Gasteiger partial charge is 0.325 e. The first kappa shape index (κ1) is 14.9. The van der Waals surface area contributed by atoms with Gasteiger partial charge in [0.1, 0.15) is 12.1 Å². The van der Waals surface area contributed by atoms with Crippen LogP contribution in [-0.4, -0.2) is 35.6 Å². The van der Waals surface area contributed by atoms with Crippen molar-refractivity contribution in [1.82, 2.24) is 10.3 Å². The Morgan fingerprint density at radius 1 is 1.55 bits per heavy atom. The normalized spacial score (nSPS) is 15.5. The molecular weight excluding hydrogens is 302 g/mol. The summed E-state index contributed by atoms with van der Waals surface area (Å²) in [6, 6.07) is 2.82. The van der Waals surface area contributed by atoms with E-state index in [1.807, 2.05) is 13.0 Å². The van der Waals surface area contributed by atoms with Crippen molar-refractivity contribution in [2.24, 2.45) is 5.73 Å². The Kier molecular flexibility index (Phi) is 4.08. The number of carbonyl (C=O) groups is 2. The first-order valence-electron chi connectivity index (χ1n) is 7.14. The molecule has 6 nitrogen and oxygen atoms in total. The van der Waals surface area contributed by atoms with Gasteiger partial charge in [-0.3, -0.25) is 14.6 Å². The number of aromatic nitrogens is 1. The average Bonchev–Trinajstić information content (AvgIpc) is 3.19. The van der Waals surface area contributed by atoms with Crippen LogP contribution >= 0.6 is 11.3 Å². The number of esters is 1. The fourth-order valence-corrected chi connectivity index (χ4v) is 2.99. The third-order valence-electron chi connectivity index (χ3n) is 3.43. The van der Waals surface area contributed by atoms with Gasteiger partial charge in [0.25, 0.3) is 5.91 Å². The minimum Gasteiger partial charge on any atom is -0.461 e. The number of ether oxygens (including phenoxy) is 1. The van der Waals surface area contributed by atoms with E-state index >= 15 is 0 Å². The minimum atomic E-state index is -0.834. The lowest BCUT2D eigenvalue weighted by Crippen LogP contribution is -2.43. The zero-order chi connectivity index (χ0) is 15.7. The average molecular weight is 319 g/mol. The van der Waals surface area contributed by atoms with Crippen LogP contribution in [0.5, 0.6) is 0 Å². The number of nitrogens with one attached hydrogen (secondary N) is 1. The second-order valence-electron chi connectivity index (χ2n) is 5.41. The van der Waals surface area contributed by atoms with E-state index in [1.54, 1.807) is 12.3 Å². The third-order valence-corrected chi connectivity index (χ3v) is 4.68. The maximum Gasteiger partial charge on any atom is 0.325 e. The van der Waals surface area contributed by atoms with Crippen molar-refractivity contribution in [3.63, 3.8) is 0 Å². The van der Waals surface area contributed by atoms with Crippen molar-refractivity contribution in [2.45, 2.75) is 31.9 Å². The van der Waals surface area contributed by atoms with Gasteiger partial charge in [0, 0.05) is 12.7 Å². The highest BCUT2D eigenvalue weighted by Crippen LogP contribution is 2.26. The second-order valence-corrected chi connectivity index (χ2v) is 6.46. The third kappa shape index (κ3) is 3.26. The van der Waals surface area contributed by atoms with Crippen LogP contribution in [0.1, 0.15) is 28.1 Å². The van der Waals surface area contributed by atoms with E-state index in [-0.39, 0.29) is 18.6 Å². The quantitative estimate of drug-likeness (QED) is 0.812. The van der Waals surface area contributed by atoms with Gasteiger partial charge in [-0.15, -0.1) is 11.3 Å². The van der Waals surface area contributed by atoms with Crippen LogP contribution in [0.4, 0.5) is 0 Å². The Hall–Kier alpha value is -1.99. The zero-order valence-corrected chi connectivity index (χ0v) is 13.0. The first-order chi connectivity index (χ1) is 10.5. The van der Waals surface area contributed by atoms with Crippen molar-refractivity contribution in [1.29, 1.82) is 0 Å². The van der Waals surface area contributed by atoms with Crippen LogP contribution in [0.15, 0.2) is 18.3 Å². The molecule has 22 heavy (non-hydrogen) atoms. The van der Waals surface area contributed by atoms with Crippen molar-refractivity contribution in [3.05, 3.63) is 28.8 Å². The molecule has 1 atom stereocenters. The van der Waals surface area contributed by atoms with Gasteiger partial charge in [0.15, 0.2) is 0 Å². The molecule has 2 heterocycles. The summed E-state index contributed by atoms with van der Waals surface area (Å²) in [6.07, 6.45) is 3.54. The van der Waals surface area contributed by atoms with Crippen molar-refractivity contribution >= 4 is 33.4 Å².